The van der Waals surface area contributed by atoms with Gasteiger partial charge < -0.3 is 19.5 Å². The molecule has 1 N–H and O–H groups in total. The van der Waals surface area contributed by atoms with Gasteiger partial charge in [-0.1, -0.05) is 0 Å². The number of anilines is 1. The molecule has 0 spiro atoms. The summed E-state index contributed by atoms with van der Waals surface area (Å²) in [5, 5.41) is 10.1. The number of imidazole rings is 1. The summed E-state index contributed by atoms with van der Waals surface area (Å²) in [6.45, 7) is 2.39. The highest BCUT2D eigenvalue weighted by atomic mass is 32.1. The van der Waals surface area contributed by atoms with E-state index in [-0.39, 0.29) is 17.0 Å². The van der Waals surface area contributed by atoms with Gasteiger partial charge in [-0.3, -0.25) is 9.36 Å². The number of thiocarbonyl (C=S) groups is 1. The lowest BCUT2D eigenvalue weighted by molar-refractivity contribution is 0.0695. The summed E-state index contributed by atoms with van der Waals surface area (Å²) in [6, 6.07) is 3.00. The van der Waals surface area contributed by atoms with Crippen molar-refractivity contribution in [2.45, 2.75) is 18.9 Å². The number of aromatic nitrogens is 3. The van der Waals surface area contributed by atoms with Gasteiger partial charge in [-0.2, -0.15) is 0 Å². The molecular weight excluding hydrogens is 421 g/mol. The number of carboxylic acid groups (broad SMARTS) is 1. The fraction of sp³-hybridized carbons (Fsp3) is 0.333. The third-order valence-corrected chi connectivity index (χ3v) is 6.36. The summed E-state index contributed by atoms with van der Waals surface area (Å²) in [7, 11) is 0. The van der Waals surface area contributed by atoms with Gasteiger partial charge >= 0.3 is 5.97 Å². The fourth-order valence-electron chi connectivity index (χ4n) is 4.08. The molecule has 1 aliphatic heterocycles. The lowest BCUT2D eigenvalue weighted by Crippen LogP contribution is -2.50. The molecular formula is C21H20FN5O3S. The minimum absolute atomic E-state index is 0.105. The third kappa shape index (κ3) is 3.46. The molecule has 3 heterocycles. The number of nitrogens with zero attached hydrogens (tertiary/aromatic N) is 5. The molecule has 8 nitrogen and oxygen atoms in total. The van der Waals surface area contributed by atoms with Crippen LogP contribution in [0.3, 0.4) is 0 Å². The van der Waals surface area contributed by atoms with Gasteiger partial charge in [-0.05, 0) is 37.2 Å². The van der Waals surface area contributed by atoms with Crippen molar-refractivity contribution in [3.05, 3.63) is 58.7 Å². The van der Waals surface area contributed by atoms with E-state index in [0.29, 0.717) is 42.5 Å². The second-order valence-corrected chi connectivity index (χ2v) is 8.23. The van der Waals surface area contributed by atoms with E-state index in [1.54, 1.807) is 29.4 Å². The molecule has 0 atom stereocenters. The maximum Gasteiger partial charge on any atom is 0.341 e. The SMILES string of the molecule is O=C(O)c1cn(C2CC2)c2cc(N3CCN(C(=S)n4ccnc4)CC3)c(F)cc2c1=O. The van der Waals surface area contributed by atoms with Gasteiger partial charge in [-0.25, -0.2) is 14.2 Å². The Hall–Kier alpha value is -3.27. The van der Waals surface area contributed by atoms with Gasteiger partial charge in [0.15, 0.2) is 5.11 Å². The Kier molecular flexibility index (Phi) is 4.73. The van der Waals surface area contributed by atoms with Gasteiger partial charge in [0.05, 0.1) is 11.2 Å². The van der Waals surface area contributed by atoms with Crippen LogP contribution in [0.15, 0.2) is 41.8 Å². The molecule has 0 radical (unpaired) electrons. The number of fused-ring (bicyclic) bond motifs is 1. The third-order valence-electron chi connectivity index (χ3n) is 5.89. The molecule has 160 valence electrons. The molecule has 2 fully saturated rings. The summed E-state index contributed by atoms with van der Waals surface area (Å²) in [4.78, 5) is 32.1. The smallest absolute Gasteiger partial charge is 0.341 e. The van der Waals surface area contributed by atoms with Crippen LogP contribution in [0.4, 0.5) is 10.1 Å². The van der Waals surface area contributed by atoms with E-state index in [2.05, 4.69) is 4.98 Å². The maximum atomic E-state index is 15.1. The Morgan fingerprint density at radius 1 is 1.19 bits per heavy atom. The standard InChI is InChI=1S/C21H20FN5O3S/c22-16-9-14-17(27(13-1-2-13)11-15(19(14)28)20(29)30)10-18(16)24-5-7-25(8-6-24)21(31)26-4-3-23-12-26/h3-4,9-13H,1-2,5-8H2,(H,29,30). The van der Waals surface area contributed by atoms with Crippen molar-refractivity contribution in [3.8, 4) is 0 Å². The first-order valence-corrected chi connectivity index (χ1v) is 10.5. The molecule has 1 saturated carbocycles. The van der Waals surface area contributed by atoms with E-state index in [4.69, 9.17) is 12.2 Å². The lowest BCUT2D eigenvalue weighted by Gasteiger charge is -2.37. The Balaban J connectivity index is 1.47. The van der Waals surface area contributed by atoms with Crippen LogP contribution in [0, 0.1) is 5.82 Å². The quantitative estimate of drug-likeness (QED) is 0.625. The predicted octanol–water partition coefficient (Wildman–Crippen LogP) is 2.33. The molecule has 31 heavy (non-hydrogen) atoms. The molecule has 0 bridgehead atoms. The van der Waals surface area contributed by atoms with Gasteiger partial charge in [0, 0.05) is 56.2 Å². The molecule has 0 unspecified atom stereocenters. The van der Waals surface area contributed by atoms with Crippen LogP contribution in [-0.4, -0.2) is 61.4 Å². The van der Waals surface area contributed by atoms with Gasteiger partial charge in [0.1, 0.15) is 17.7 Å². The van der Waals surface area contributed by atoms with E-state index in [9.17, 15) is 14.7 Å². The van der Waals surface area contributed by atoms with Crippen LogP contribution in [-0.2, 0) is 0 Å². The van der Waals surface area contributed by atoms with Crippen molar-refractivity contribution >= 4 is 39.9 Å². The summed E-state index contributed by atoms with van der Waals surface area (Å²) < 4.78 is 18.6. The van der Waals surface area contributed by atoms with Crippen molar-refractivity contribution in [3.63, 3.8) is 0 Å². The summed E-state index contributed by atoms with van der Waals surface area (Å²) in [6.07, 6.45) is 8.33. The summed E-state index contributed by atoms with van der Waals surface area (Å²) in [5.41, 5.74) is 0.0105. The molecule has 1 aliphatic carbocycles. The van der Waals surface area contributed by atoms with Gasteiger partial charge in [-0.15, -0.1) is 0 Å². The zero-order chi connectivity index (χ0) is 21.7. The molecule has 3 aromatic rings. The van der Waals surface area contributed by atoms with Crippen molar-refractivity contribution in [1.82, 2.24) is 19.0 Å². The first-order valence-electron chi connectivity index (χ1n) is 10.1. The normalized spacial score (nSPS) is 16.7. The molecule has 2 aromatic heterocycles. The van der Waals surface area contributed by atoms with E-state index in [0.717, 1.165) is 12.8 Å². The number of pyridine rings is 1. The highest BCUT2D eigenvalue weighted by Crippen LogP contribution is 2.38. The summed E-state index contributed by atoms with van der Waals surface area (Å²) in [5.74, 6) is -1.82. The van der Waals surface area contributed by atoms with Crippen LogP contribution in [0.1, 0.15) is 29.2 Å². The second-order valence-electron chi connectivity index (χ2n) is 7.86. The molecule has 10 heteroatoms. The molecule has 5 rings (SSSR count). The fourth-order valence-corrected chi connectivity index (χ4v) is 4.37. The topological polar surface area (TPSA) is 83.6 Å². The Bertz CT molecular complexity index is 1240. The van der Waals surface area contributed by atoms with Crippen LogP contribution in [0.25, 0.3) is 10.9 Å². The maximum absolute atomic E-state index is 15.1. The van der Waals surface area contributed by atoms with Crippen LogP contribution in [0.5, 0.6) is 0 Å². The minimum atomic E-state index is -1.30. The monoisotopic (exact) mass is 441 g/mol. The first-order chi connectivity index (χ1) is 14.9. The van der Waals surface area contributed by atoms with E-state index in [1.165, 1.54) is 12.3 Å². The van der Waals surface area contributed by atoms with E-state index in [1.807, 2.05) is 14.4 Å². The summed E-state index contributed by atoms with van der Waals surface area (Å²) >= 11 is 5.51. The Morgan fingerprint density at radius 3 is 2.55 bits per heavy atom. The van der Waals surface area contributed by atoms with Crippen LogP contribution in [0.2, 0.25) is 0 Å². The number of carbonyl (C=O) groups is 1. The van der Waals surface area contributed by atoms with Gasteiger partial charge in [0.25, 0.3) is 0 Å². The zero-order valence-electron chi connectivity index (χ0n) is 16.6. The largest absolute Gasteiger partial charge is 0.477 e. The zero-order valence-corrected chi connectivity index (χ0v) is 17.4. The molecule has 1 aromatic carbocycles. The number of halogens is 1. The first kappa shape index (κ1) is 19.7. The second kappa shape index (κ2) is 7.45. The number of benzene rings is 1. The highest BCUT2D eigenvalue weighted by Gasteiger charge is 2.28. The predicted molar refractivity (Wildman–Crippen MR) is 117 cm³/mol. The average Bonchev–Trinajstić information content (AvgIpc) is 3.46. The van der Waals surface area contributed by atoms with Crippen molar-refractivity contribution < 1.29 is 14.3 Å². The average molecular weight is 441 g/mol. The van der Waals surface area contributed by atoms with Crippen LogP contribution >= 0.6 is 12.2 Å². The number of hydrogen-bond acceptors (Lipinski definition) is 5. The van der Waals surface area contributed by atoms with Crippen molar-refractivity contribution in [2.24, 2.45) is 0 Å². The number of aromatic carboxylic acids is 1. The minimum Gasteiger partial charge on any atom is -0.477 e. The molecule has 2 aliphatic rings. The molecule has 0 amide bonds. The Morgan fingerprint density at radius 2 is 1.94 bits per heavy atom. The number of carboxylic acids is 1. The van der Waals surface area contributed by atoms with Crippen LogP contribution < -0.4 is 10.3 Å². The number of rotatable bonds is 3. The van der Waals surface area contributed by atoms with E-state index >= 15 is 4.39 Å². The molecule has 1 saturated heterocycles. The Labute approximate surface area is 182 Å². The lowest BCUT2D eigenvalue weighted by atomic mass is 10.1. The number of piperazine rings is 1. The number of hydrogen-bond donors (Lipinski definition) is 1. The van der Waals surface area contributed by atoms with Crippen molar-refractivity contribution in [1.29, 1.82) is 0 Å². The van der Waals surface area contributed by atoms with Gasteiger partial charge in [0.2, 0.25) is 5.43 Å². The van der Waals surface area contributed by atoms with Crippen molar-refractivity contribution in [2.75, 3.05) is 31.1 Å². The highest BCUT2D eigenvalue weighted by molar-refractivity contribution is 7.80. The van der Waals surface area contributed by atoms with E-state index < -0.39 is 17.2 Å².